The van der Waals surface area contributed by atoms with E-state index >= 15 is 0 Å². The third-order valence-electron chi connectivity index (χ3n) is 6.47. The van der Waals surface area contributed by atoms with Crippen LogP contribution in [0.25, 0.3) is 39.0 Å². The van der Waals surface area contributed by atoms with Crippen LogP contribution in [0.15, 0.2) is 98.1 Å². The Kier molecular flexibility index (Phi) is 5.73. The zero-order chi connectivity index (χ0) is 25.4. The van der Waals surface area contributed by atoms with Crippen LogP contribution in [0.3, 0.4) is 0 Å². The topological polar surface area (TPSA) is 78.5 Å². The molecule has 182 valence electrons. The van der Waals surface area contributed by atoms with E-state index in [9.17, 15) is 4.39 Å². The number of aromatic nitrogens is 4. The fraction of sp³-hybridized carbons (Fsp3) is 0.100. The molecule has 37 heavy (non-hydrogen) atoms. The third kappa shape index (κ3) is 4.84. The molecule has 0 bridgehead atoms. The number of halogens is 1. The molecule has 6 rings (SSSR count). The van der Waals surface area contributed by atoms with Crippen LogP contribution in [0.5, 0.6) is 0 Å². The number of nitrogens with one attached hydrogen (secondary N) is 3. The van der Waals surface area contributed by atoms with Gasteiger partial charge in [-0.25, -0.2) is 4.39 Å². The van der Waals surface area contributed by atoms with E-state index in [-0.39, 0.29) is 5.82 Å². The summed E-state index contributed by atoms with van der Waals surface area (Å²) in [5.74, 6) is 0.280. The van der Waals surface area contributed by atoms with Gasteiger partial charge in [0, 0.05) is 28.4 Å². The van der Waals surface area contributed by atoms with Crippen LogP contribution in [0.2, 0.25) is 0 Å². The van der Waals surface area contributed by atoms with Crippen LogP contribution in [0, 0.1) is 11.7 Å². The van der Waals surface area contributed by atoms with E-state index in [1.165, 1.54) is 25.0 Å². The number of anilines is 2. The lowest BCUT2D eigenvalue weighted by Crippen LogP contribution is -2.00. The monoisotopic (exact) mass is 488 g/mol. The summed E-state index contributed by atoms with van der Waals surface area (Å²) in [6, 6.07) is 18.3. The van der Waals surface area contributed by atoms with Crippen LogP contribution in [-0.4, -0.2) is 20.2 Å². The van der Waals surface area contributed by atoms with Crippen molar-refractivity contribution in [2.24, 2.45) is 5.92 Å². The summed E-state index contributed by atoms with van der Waals surface area (Å²) in [5, 5.41) is 15.2. The van der Waals surface area contributed by atoms with Gasteiger partial charge in [0.1, 0.15) is 11.5 Å². The number of fused-ring (bicyclic) bond motifs is 1. The highest BCUT2D eigenvalue weighted by atomic mass is 19.1. The first kappa shape index (κ1) is 22.7. The minimum atomic E-state index is -0.290. The molecule has 3 N–H and O–H groups in total. The van der Waals surface area contributed by atoms with Crippen molar-refractivity contribution in [3.05, 3.63) is 110 Å². The fourth-order valence-electron chi connectivity index (χ4n) is 4.33. The highest BCUT2D eigenvalue weighted by molar-refractivity contribution is 5.95. The molecule has 0 unspecified atom stereocenters. The molecule has 1 aliphatic carbocycles. The molecule has 1 fully saturated rings. The number of hydrogen-bond acceptors (Lipinski definition) is 5. The summed E-state index contributed by atoms with van der Waals surface area (Å²) in [5.41, 5.74) is 8.44. The molecule has 5 aromatic rings. The van der Waals surface area contributed by atoms with Crippen LogP contribution in [0.1, 0.15) is 18.5 Å². The van der Waals surface area contributed by atoms with Crippen LogP contribution >= 0.6 is 0 Å². The van der Waals surface area contributed by atoms with Gasteiger partial charge in [0.05, 0.1) is 40.7 Å². The zero-order valence-corrected chi connectivity index (χ0v) is 20.1. The number of aromatic amines is 1. The van der Waals surface area contributed by atoms with E-state index in [0.717, 1.165) is 50.4 Å². The maximum Gasteiger partial charge on any atom is 0.123 e. The van der Waals surface area contributed by atoms with Gasteiger partial charge in [-0.2, -0.15) is 5.10 Å². The smallest absolute Gasteiger partial charge is 0.123 e. The van der Waals surface area contributed by atoms with Crippen molar-refractivity contribution >= 4 is 28.0 Å². The molecule has 7 heteroatoms. The van der Waals surface area contributed by atoms with Crippen LogP contribution in [0.4, 0.5) is 15.8 Å². The average molecular weight is 489 g/mol. The number of hydrogen-bond donors (Lipinski definition) is 3. The van der Waals surface area contributed by atoms with E-state index in [1.54, 1.807) is 12.3 Å². The van der Waals surface area contributed by atoms with Gasteiger partial charge >= 0.3 is 0 Å². The lowest BCUT2D eigenvalue weighted by Gasteiger charge is -2.11. The van der Waals surface area contributed by atoms with Crippen molar-refractivity contribution < 1.29 is 4.39 Å². The predicted octanol–water partition coefficient (Wildman–Crippen LogP) is 7.24. The summed E-state index contributed by atoms with van der Waals surface area (Å²) in [7, 11) is 0. The molecule has 3 heterocycles. The zero-order valence-electron chi connectivity index (χ0n) is 20.1. The Morgan fingerprint density at radius 2 is 1.76 bits per heavy atom. The molecule has 2 aromatic carbocycles. The molecule has 0 amide bonds. The molecule has 0 aliphatic heterocycles. The van der Waals surface area contributed by atoms with Crippen molar-refractivity contribution in [3.8, 4) is 22.4 Å². The number of allylic oxidation sites excluding steroid dienone is 1. The molecular formula is C30H25FN6. The molecule has 3 aromatic heterocycles. The molecule has 0 radical (unpaired) electrons. The second-order valence-electron chi connectivity index (χ2n) is 9.27. The number of H-pyrrole nitrogens is 1. The Hall–Kier alpha value is -4.78. The standard InChI is InChI=1S/C30H25FN6/c1-18(20-6-7-20)34-26-13-23(15-32-16-26)21-8-10-29-27(14-21)30(37-36-29)19(2)35-25-9-11-28(33-17-25)22-4-3-5-24(31)12-22/h3-5,8-17,20,34-35H,1-2,6-7H2,(H,36,37). The van der Waals surface area contributed by atoms with Crippen LogP contribution in [-0.2, 0) is 0 Å². The molecule has 1 aliphatic rings. The number of rotatable bonds is 8. The first-order valence-electron chi connectivity index (χ1n) is 12.1. The molecule has 1 saturated carbocycles. The Morgan fingerprint density at radius 3 is 2.54 bits per heavy atom. The van der Waals surface area contributed by atoms with E-state index < -0.39 is 0 Å². The number of nitrogens with zero attached hydrogens (tertiary/aromatic N) is 3. The summed E-state index contributed by atoms with van der Waals surface area (Å²) in [4.78, 5) is 8.89. The number of pyridine rings is 2. The lowest BCUT2D eigenvalue weighted by atomic mass is 10.0. The summed E-state index contributed by atoms with van der Waals surface area (Å²) < 4.78 is 13.6. The van der Waals surface area contributed by atoms with Gasteiger partial charge in [-0.05, 0) is 66.8 Å². The van der Waals surface area contributed by atoms with Crippen molar-refractivity contribution in [1.29, 1.82) is 0 Å². The normalized spacial score (nSPS) is 12.9. The maximum atomic E-state index is 13.6. The third-order valence-corrected chi connectivity index (χ3v) is 6.47. The van der Waals surface area contributed by atoms with Gasteiger partial charge in [-0.15, -0.1) is 0 Å². The average Bonchev–Trinajstić information content (AvgIpc) is 3.68. The molecule has 0 atom stereocenters. The van der Waals surface area contributed by atoms with E-state index in [0.29, 0.717) is 17.3 Å². The van der Waals surface area contributed by atoms with Gasteiger partial charge in [-0.3, -0.25) is 15.1 Å². The molecular weight excluding hydrogens is 463 g/mol. The minimum absolute atomic E-state index is 0.290. The van der Waals surface area contributed by atoms with Crippen molar-refractivity contribution in [3.63, 3.8) is 0 Å². The van der Waals surface area contributed by atoms with Gasteiger partial charge in [-0.1, -0.05) is 31.4 Å². The molecule has 0 saturated heterocycles. The van der Waals surface area contributed by atoms with Crippen molar-refractivity contribution in [2.45, 2.75) is 12.8 Å². The number of benzene rings is 2. The van der Waals surface area contributed by atoms with Gasteiger partial charge in [0.15, 0.2) is 0 Å². The Morgan fingerprint density at radius 1 is 0.865 bits per heavy atom. The minimum Gasteiger partial charge on any atom is -0.358 e. The van der Waals surface area contributed by atoms with Gasteiger partial charge in [0.25, 0.3) is 0 Å². The molecule has 0 spiro atoms. The summed E-state index contributed by atoms with van der Waals surface area (Å²) in [6.45, 7) is 8.35. The SMILES string of the molecule is C=C(Nc1ccc(-c2cccc(F)c2)nc1)c1n[nH]c2ccc(-c3cncc(NC(=C)C4CC4)c3)cc12. The first-order chi connectivity index (χ1) is 18.0. The largest absolute Gasteiger partial charge is 0.358 e. The summed E-state index contributed by atoms with van der Waals surface area (Å²) >= 11 is 0. The maximum absolute atomic E-state index is 13.6. The highest BCUT2D eigenvalue weighted by Gasteiger charge is 2.24. The second kappa shape index (κ2) is 9.35. The van der Waals surface area contributed by atoms with E-state index in [2.05, 4.69) is 56.1 Å². The fourth-order valence-corrected chi connectivity index (χ4v) is 4.33. The van der Waals surface area contributed by atoms with Gasteiger partial charge in [0.2, 0.25) is 0 Å². The Labute approximate surface area is 214 Å². The molecule has 6 nitrogen and oxygen atoms in total. The lowest BCUT2D eigenvalue weighted by molar-refractivity contribution is 0.628. The predicted molar refractivity (Wildman–Crippen MR) is 147 cm³/mol. The van der Waals surface area contributed by atoms with E-state index in [4.69, 9.17) is 0 Å². The quantitative estimate of drug-likeness (QED) is 0.214. The van der Waals surface area contributed by atoms with E-state index in [1.807, 2.05) is 42.7 Å². The highest BCUT2D eigenvalue weighted by Crippen LogP contribution is 2.36. The van der Waals surface area contributed by atoms with Crippen molar-refractivity contribution in [1.82, 2.24) is 20.2 Å². The Balaban J connectivity index is 1.22. The Bertz CT molecular complexity index is 1630. The van der Waals surface area contributed by atoms with Crippen LogP contribution < -0.4 is 10.6 Å². The van der Waals surface area contributed by atoms with Gasteiger partial charge < -0.3 is 10.6 Å². The first-order valence-corrected chi connectivity index (χ1v) is 12.1. The summed E-state index contributed by atoms with van der Waals surface area (Å²) in [6.07, 6.45) is 7.77. The second-order valence-corrected chi connectivity index (χ2v) is 9.27. The van der Waals surface area contributed by atoms with Crippen molar-refractivity contribution in [2.75, 3.05) is 10.6 Å².